The van der Waals surface area contributed by atoms with Crippen LogP contribution in [0.15, 0.2) is 53.9 Å². The molecule has 3 heterocycles. The molecule has 8 heteroatoms. The molecule has 0 bridgehead atoms. The van der Waals surface area contributed by atoms with E-state index in [0.29, 0.717) is 29.6 Å². The molecular weight excluding hydrogens is 475 g/mol. The number of nitrogens with zero attached hydrogens (tertiary/aromatic N) is 4. The first-order valence-electron chi connectivity index (χ1n) is 12.6. The van der Waals surface area contributed by atoms with E-state index >= 15 is 4.39 Å². The third-order valence-electron chi connectivity index (χ3n) is 7.33. The van der Waals surface area contributed by atoms with Gasteiger partial charge in [-0.25, -0.2) is 9.37 Å². The number of halogens is 2. The van der Waals surface area contributed by atoms with Crippen molar-refractivity contribution in [2.24, 2.45) is 0 Å². The van der Waals surface area contributed by atoms with Gasteiger partial charge in [0.2, 0.25) is 5.95 Å². The number of nitrogens with one attached hydrogen (secondary N) is 2. The molecule has 2 N–H and O–H groups in total. The molecule has 1 aromatic carbocycles. The summed E-state index contributed by atoms with van der Waals surface area (Å²) >= 11 is 6.46. The Bertz CT molecular complexity index is 1260. The number of alkyl halides is 1. The van der Waals surface area contributed by atoms with Gasteiger partial charge in [0.1, 0.15) is 10.7 Å². The quantitative estimate of drug-likeness (QED) is 0.429. The zero-order chi connectivity index (χ0) is 25.6. The predicted molar refractivity (Wildman–Crippen MR) is 148 cm³/mol. The van der Waals surface area contributed by atoms with E-state index in [1.54, 1.807) is 13.1 Å². The van der Waals surface area contributed by atoms with Gasteiger partial charge in [-0.05, 0) is 62.8 Å². The minimum absolute atomic E-state index is 0.379. The largest absolute Gasteiger partial charge is 0.375 e. The highest BCUT2D eigenvalue weighted by Crippen LogP contribution is 2.45. The number of rotatable bonds is 6. The average molecular weight is 509 g/mol. The highest BCUT2D eigenvalue weighted by molar-refractivity contribution is 6.32. The number of fused-ring (bicyclic) bond motifs is 2. The van der Waals surface area contributed by atoms with Crippen LogP contribution in [-0.2, 0) is 0 Å². The maximum absolute atomic E-state index is 15.8. The third kappa shape index (κ3) is 4.69. The standard InChI is InChI=1S/C28H34ClFN6/c1-6-13-35(4)27-31-16-22(29)26(34-27)32-19-9-10-23-21(15-19)25-20(17(2)36(23)5)11-12-28(3,30)24(33-25)14-18-7-8-18/h9-10,14-16,24,33H,2,6-8,11-13H2,1,3-5H3,(H,31,32,34). The van der Waals surface area contributed by atoms with E-state index in [1.165, 1.54) is 5.57 Å². The average Bonchev–Trinajstić information content (AvgIpc) is 3.68. The van der Waals surface area contributed by atoms with Crippen LogP contribution in [0.5, 0.6) is 0 Å². The van der Waals surface area contributed by atoms with Gasteiger partial charge in [0.05, 0.1) is 17.9 Å². The molecule has 5 rings (SSSR count). The molecule has 1 saturated carbocycles. The predicted octanol–water partition coefficient (Wildman–Crippen LogP) is 6.59. The summed E-state index contributed by atoms with van der Waals surface area (Å²) in [6, 6.07) is 5.76. The summed E-state index contributed by atoms with van der Waals surface area (Å²) in [5.74, 6) is 1.17. The van der Waals surface area contributed by atoms with Crippen LogP contribution < -0.4 is 20.4 Å². The van der Waals surface area contributed by atoms with Crippen molar-refractivity contribution in [3.8, 4) is 0 Å². The molecule has 2 unspecified atom stereocenters. The van der Waals surface area contributed by atoms with Crippen molar-refractivity contribution in [2.45, 2.75) is 57.7 Å². The van der Waals surface area contributed by atoms with E-state index in [4.69, 9.17) is 11.6 Å². The topological polar surface area (TPSA) is 56.3 Å². The summed E-state index contributed by atoms with van der Waals surface area (Å²) in [5, 5.41) is 7.41. The van der Waals surface area contributed by atoms with Gasteiger partial charge in [-0.15, -0.1) is 0 Å². The minimum atomic E-state index is -1.35. The smallest absolute Gasteiger partial charge is 0.227 e. The van der Waals surface area contributed by atoms with Crippen molar-refractivity contribution in [1.82, 2.24) is 15.3 Å². The van der Waals surface area contributed by atoms with Crippen LogP contribution in [0.3, 0.4) is 0 Å². The van der Waals surface area contributed by atoms with E-state index in [1.807, 2.05) is 25.1 Å². The van der Waals surface area contributed by atoms with E-state index < -0.39 is 5.67 Å². The summed E-state index contributed by atoms with van der Waals surface area (Å²) in [4.78, 5) is 13.1. The SMILES string of the molecule is C=C1C2=C(NC(C=C3CC3)C(C)(F)CC2)c2cc(Nc3nc(N(C)CCC)ncc3Cl)ccc2N1C. The Morgan fingerprint density at radius 1 is 1.36 bits per heavy atom. The summed E-state index contributed by atoms with van der Waals surface area (Å²) in [5.41, 5.74) is 5.77. The molecule has 1 fully saturated rings. The van der Waals surface area contributed by atoms with Gasteiger partial charge in [-0.2, -0.15) is 4.98 Å². The first kappa shape index (κ1) is 24.6. The number of anilines is 4. The number of likely N-dealkylation sites (N-methyl/N-ethyl adjacent to an activating group) is 1. The van der Waals surface area contributed by atoms with Crippen molar-refractivity contribution in [3.05, 3.63) is 64.5 Å². The van der Waals surface area contributed by atoms with Crippen LogP contribution in [0.4, 0.5) is 27.5 Å². The Morgan fingerprint density at radius 3 is 2.86 bits per heavy atom. The lowest BCUT2D eigenvalue weighted by molar-refractivity contribution is 0.149. The molecular formula is C28H34ClFN6. The minimum Gasteiger partial charge on any atom is -0.375 e. The number of hydrogen-bond acceptors (Lipinski definition) is 6. The maximum atomic E-state index is 15.8. The third-order valence-corrected chi connectivity index (χ3v) is 7.61. The molecule has 2 aliphatic heterocycles. The van der Waals surface area contributed by atoms with E-state index in [-0.39, 0.29) is 6.04 Å². The fourth-order valence-electron chi connectivity index (χ4n) is 4.92. The second kappa shape index (κ2) is 9.43. The molecule has 0 amide bonds. The zero-order valence-corrected chi connectivity index (χ0v) is 22.2. The monoisotopic (exact) mass is 508 g/mol. The highest BCUT2D eigenvalue weighted by atomic mass is 35.5. The summed E-state index contributed by atoms with van der Waals surface area (Å²) < 4.78 is 15.8. The van der Waals surface area contributed by atoms with Crippen molar-refractivity contribution < 1.29 is 4.39 Å². The van der Waals surface area contributed by atoms with Gasteiger partial charge < -0.3 is 20.4 Å². The Morgan fingerprint density at radius 2 is 2.14 bits per heavy atom. The van der Waals surface area contributed by atoms with Crippen LogP contribution in [0.2, 0.25) is 5.02 Å². The van der Waals surface area contributed by atoms with Crippen LogP contribution in [0.1, 0.15) is 51.5 Å². The van der Waals surface area contributed by atoms with Crippen molar-refractivity contribution in [1.29, 1.82) is 0 Å². The van der Waals surface area contributed by atoms with Crippen LogP contribution in [0, 0.1) is 0 Å². The lowest BCUT2D eigenvalue weighted by Gasteiger charge is -2.34. The second-order valence-corrected chi connectivity index (χ2v) is 10.6. The van der Waals surface area contributed by atoms with Crippen LogP contribution in [0.25, 0.3) is 5.70 Å². The molecule has 1 aromatic heterocycles. The Kier molecular flexibility index (Phi) is 6.45. The number of benzene rings is 1. The van der Waals surface area contributed by atoms with Gasteiger partial charge in [-0.3, -0.25) is 0 Å². The molecule has 1 aliphatic carbocycles. The number of aromatic nitrogens is 2. The lowest BCUT2D eigenvalue weighted by atomic mass is 9.90. The van der Waals surface area contributed by atoms with Gasteiger partial charge in [0.25, 0.3) is 0 Å². The summed E-state index contributed by atoms with van der Waals surface area (Å²) in [6.45, 7) is 9.02. The van der Waals surface area contributed by atoms with Crippen LogP contribution >= 0.6 is 11.6 Å². The van der Waals surface area contributed by atoms with Gasteiger partial charge in [0, 0.05) is 43.3 Å². The Labute approximate surface area is 217 Å². The van der Waals surface area contributed by atoms with Gasteiger partial charge in [0.15, 0.2) is 5.82 Å². The number of allylic oxidation sites excluding steroid dienone is 2. The first-order valence-corrected chi connectivity index (χ1v) is 13.0. The molecule has 0 spiro atoms. The molecule has 2 aromatic rings. The fourth-order valence-corrected chi connectivity index (χ4v) is 5.06. The highest BCUT2D eigenvalue weighted by Gasteiger charge is 2.40. The van der Waals surface area contributed by atoms with E-state index in [0.717, 1.165) is 59.7 Å². The van der Waals surface area contributed by atoms with Gasteiger partial charge >= 0.3 is 0 Å². The molecule has 0 saturated heterocycles. The van der Waals surface area contributed by atoms with E-state index in [9.17, 15) is 0 Å². The maximum Gasteiger partial charge on any atom is 0.227 e. The van der Waals surface area contributed by atoms with Crippen molar-refractivity contribution in [2.75, 3.05) is 35.8 Å². The normalized spacial score (nSPS) is 22.9. The summed E-state index contributed by atoms with van der Waals surface area (Å²) in [6.07, 6.45) is 7.91. The fraction of sp³-hybridized carbons (Fsp3) is 0.429. The first-order chi connectivity index (χ1) is 17.2. The Hall–Kier alpha value is -3.06. The second-order valence-electron chi connectivity index (χ2n) is 10.2. The van der Waals surface area contributed by atoms with E-state index in [2.05, 4.69) is 57.2 Å². The molecule has 2 atom stereocenters. The summed E-state index contributed by atoms with van der Waals surface area (Å²) in [7, 11) is 3.98. The Balaban J connectivity index is 1.52. The molecule has 190 valence electrons. The lowest BCUT2D eigenvalue weighted by Crippen LogP contribution is -2.42. The molecule has 3 aliphatic rings. The molecule has 0 radical (unpaired) electrons. The molecule has 6 nitrogen and oxygen atoms in total. The zero-order valence-electron chi connectivity index (χ0n) is 21.5. The van der Waals surface area contributed by atoms with Crippen molar-refractivity contribution in [3.63, 3.8) is 0 Å². The number of hydrogen-bond donors (Lipinski definition) is 2. The molecule has 36 heavy (non-hydrogen) atoms. The van der Waals surface area contributed by atoms with Crippen LogP contribution in [-0.4, -0.2) is 42.3 Å². The van der Waals surface area contributed by atoms with Gasteiger partial charge in [-0.1, -0.05) is 36.8 Å². The van der Waals surface area contributed by atoms with Crippen molar-refractivity contribution >= 4 is 40.4 Å².